The summed E-state index contributed by atoms with van der Waals surface area (Å²) in [4.78, 5) is 28.7. The summed E-state index contributed by atoms with van der Waals surface area (Å²) < 4.78 is 15.6. The molecule has 4 N–H and O–H groups in total. The Morgan fingerprint density at radius 3 is 2.45 bits per heavy atom. The monoisotopic (exact) mass is 307 g/mol. The van der Waals surface area contributed by atoms with Gasteiger partial charge < -0.3 is 20.3 Å². The van der Waals surface area contributed by atoms with Crippen LogP contribution in [0.1, 0.15) is 51.9 Å². The number of rotatable bonds is 11. The van der Waals surface area contributed by atoms with E-state index in [-0.39, 0.29) is 6.42 Å². The molecule has 0 aliphatic heterocycles. The lowest BCUT2D eigenvalue weighted by Gasteiger charge is -2.09. The van der Waals surface area contributed by atoms with E-state index in [0.717, 1.165) is 25.1 Å². The van der Waals surface area contributed by atoms with Crippen molar-refractivity contribution in [3.05, 3.63) is 11.9 Å². The zero-order valence-electron chi connectivity index (χ0n) is 12.0. The van der Waals surface area contributed by atoms with Crippen molar-refractivity contribution in [2.45, 2.75) is 57.9 Å². The van der Waals surface area contributed by atoms with Gasteiger partial charge in [-0.1, -0.05) is 45.1 Å². The van der Waals surface area contributed by atoms with E-state index < -0.39 is 19.6 Å². The van der Waals surface area contributed by atoms with Crippen LogP contribution in [0, 0.1) is 0 Å². The Morgan fingerprint density at radius 2 is 1.85 bits per heavy atom. The van der Waals surface area contributed by atoms with Gasteiger partial charge >= 0.3 is 13.6 Å². The predicted octanol–water partition coefficient (Wildman–Crippen LogP) is 2.30. The Balaban J connectivity index is 3.65. The second-order valence-electron chi connectivity index (χ2n) is 4.75. The summed E-state index contributed by atoms with van der Waals surface area (Å²) in [5, 5.41) is 0. The Hall–Kier alpha value is -0.680. The quantitative estimate of drug-likeness (QED) is 0.307. The molecule has 6 nitrogen and oxygen atoms in total. The molecular weight excluding hydrogens is 281 g/mol. The number of carbonyl (C=O) groups is 1. The van der Waals surface area contributed by atoms with E-state index in [1.807, 2.05) is 0 Å². The molecule has 1 atom stereocenters. The van der Waals surface area contributed by atoms with Gasteiger partial charge in [-0.25, -0.2) is 0 Å². The maximum Gasteiger partial charge on any atom is 0.348 e. The molecule has 0 heterocycles. The maximum atomic E-state index is 11.5. The average Bonchev–Trinajstić information content (AvgIpc) is 2.35. The summed E-state index contributed by atoms with van der Waals surface area (Å²) in [5.41, 5.74) is 5.55. The molecule has 0 rings (SSSR count). The minimum absolute atomic E-state index is 0.0560. The zero-order valence-corrected chi connectivity index (χ0v) is 12.9. The molecule has 0 aromatic heterocycles. The Kier molecular flexibility index (Phi) is 10.7. The number of nitrogens with two attached hydrogens (primary N) is 1. The van der Waals surface area contributed by atoms with Gasteiger partial charge in [0.2, 0.25) is 0 Å². The first kappa shape index (κ1) is 19.3. The van der Waals surface area contributed by atoms with Crippen LogP contribution in [0.15, 0.2) is 11.9 Å². The molecule has 1 unspecified atom stereocenters. The molecule has 0 amide bonds. The first-order chi connectivity index (χ1) is 9.37. The van der Waals surface area contributed by atoms with Crippen LogP contribution in [0.5, 0.6) is 0 Å². The molecule has 7 heteroatoms. The normalized spacial score (nSPS) is 13.6. The summed E-state index contributed by atoms with van der Waals surface area (Å²) in [6.07, 6.45) is 7.89. The number of hydrogen-bond acceptors (Lipinski definition) is 4. The molecule has 0 aliphatic carbocycles. The Morgan fingerprint density at radius 1 is 1.25 bits per heavy atom. The van der Waals surface area contributed by atoms with Gasteiger partial charge in [-0.15, -0.1) is 0 Å². The summed E-state index contributed by atoms with van der Waals surface area (Å²) in [6.45, 7) is 2.50. The van der Waals surface area contributed by atoms with Crippen LogP contribution in [0.2, 0.25) is 0 Å². The fraction of sp³-hybridized carbons (Fsp3) is 0.769. The van der Waals surface area contributed by atoms with Gasteiger partial charge in [-0.2, -0.15) is 0 Å². The van der Waals surface area contributed by atoms with E-state index in [1.165, 1.54) is 25.3 Å². The highest BCUT2D eigenvalue weighted by atomic mass is 31.2. The van der Waals surface area contributed by atoms with Crippen molar-refractivity contribution in [1.29, 1.82) is 0 Å². The third-order valence-electron chi connectivity index (χ3n) is 2.73. The van der Waals surface area contributed by atoms with E-state index in [0.29, 0.717) is 6.61 Å². The molecule has 0 radical (unpaired) electrons. The zero-order chi connectivity index (χ0) is 15.4. The third-order valence-corrected chi connectivity index (χ3v) is 3.33. The highest BCUT2D eigenvalue weighted by Gasteiger charge is 2.14. The van der Waals surface area contributed by atoms with Crippen molar-refractivity contribution in [3.8, 4) is 0 Å². The van der Waals surface area contributed by atoms with Crippen LogP contribution >= 0.6 is 7.60 Å². The molecule has 0 aromatic rings. The van der Waals surface area contributed by atoms with E-state index in [4.69, 9.17) is 20.3 Å². The topological polar surface area (TPSA) is 110 Å². The van der Waals surface area contributed by atoms with Crippen LogP contribution in [0.25, 0.3) is 0 Å². The maximum absolute atomic E-state index is 11.5. The van der Waals surface area contributed by atoms with Crippen LogP contribution in [0.3, 0.4) is 0 Å². The van der Waals surface area contributed by atoms with Crippen molar-refractivity contribution in [1.82, 2.24) is 0 Å². The average molecular weight is 307 g/mol. The number of esters is 1. The Bertz CT molecular complexity index is 340. The van der Waals surface area contributed by atoms with E-state index in [9.17, 15) is 9.36 Å². The molecular formula is C13H26NO5P. The van der Waals surface area contributed by atoms with Crippen LogP contribution in [-0.2, 0) is 14.1 Å². The lowest BCUT2D eigenvalue weighted by Crippen LogP contribution is -2.31. The fourth-order valence-corrected chi connectivity index (χ4v) is 2.00. The van der Waals surface area contributed by atoms with Gasteiger partial charge in [-0.05, 0) is 12.8 Å². The molecule has 118 valence electrons. The second-order valence-corrected chi connectivity index (χ2v) is 6.23. The molecule has 0 fully saturated rings. The third kappa shape index (κ3) is 12.4. The largest absolute Gasteiger partial charge is 0.465 e. The van der Waals surface area contributed by atoms with Crippen LogP contribution in [-0.4, -0.2) is 28.4 Å². The van der Waals surface area contributed by atoms with Gasteiger partial charge in [-0.3, -0.25) is 9.36 Å². The summed E-state index contributed by atoms with van der Waals surface area (Å²) in [7, 11) is -4.18. The van der Waals surface area contributed by atoms with E-state index in [2.05, 4.69) is 6.92 Å². The number of ether oxygens (including phenoxy) is 1. The number of carbonyl (C=O) groups excluding carboxylic acids is 1. The van der Waals surface area contributed by atoms with Crippen molar-refractivity contribution in [3.63, 3.8) is 0 Å². The molecule has 0 saturated heterocycles. The van der Waals surface area contributed by atoms with Crippen molar-refractivity contribution >= 4 is 13.6 Å². The molecule has 0 saturated carbocycles. The lowest BCUT2D eigenvalue weighted by atomic mass is 10.1. The van der Waals surface area contributed by atoms with Gasteiger partial charge in [0.1, 0.15) is 6.04 Å². The SMILES string of the molecule is CCCCCCCCOC(=O)C(N)C/C=C/P(=O)(O)O. The summed E-state index contributed by atoms with van der Waals surface area (Å²) in [6, 6.07) is -0.877. The standard InChI is InChI=1S/C13H26NO5P/c1-2-3-4-5-6-7-10-19-13(15)12(14)9-8-11-20(16,17)18/h8,11-12H,2-7,9-10,14H2,1H3,(H2,16,17,18)/b11-8+. The van der Waals surface area contributed by atoms with E-state index in [1.54, 1.807) is 0 Å². The van der Waals surface area contributed by atoms with Gasteiger partial charge in [0.15, 0.2) is 0 Å². The molecule has 0 spiro atoms. The lowest BCUT2D eigenvalue weighted by molar-refractivity contribution is -0.145. The van der Waals surface area contributed by atoms with Crippen molar-refractivity contribution < 1.29 is 23.9 Å². The summed E-state index contributed by atoms with van der Waals surface area (Å²) in [5.74, 6) is 0.211. The molecule has 0 aliphatic rings. The minimum atomic E-state index is -4.18. The highest BCUT2D eigenvalue weighted by molar-refractivity contribution is 7.55. The Labute approximate surface area is 120 Å². The first-order valence-electron chi connectivity index (χ1n) is 7.02. The summed E-state index contributed by atoms with van der Waals surface area (Å²) >= 11 is 0. The first-order valence-corrected chi connectivity index (χ1v) is 8.70. The highest BCUT2D eigenvalue weighted by Crippen LogP contribution is 2.36. The van der Waals surface area contributed by atoms with E-state index >= 15 is 0 Å². The predicted molar refractivity (Wildman–Crippen MR) is 78.1 cm³/mol. The van der Waals surface area contributed by atoms with Crippen LogP contribution in [0.4, 0.5) is 0 Å². The van der Waals surface area contributed by atoms with Crippen molar-refractivity contribution in [2.75, 3.05) is 6.61 Å². The second kappa shape index (κ2) is 11.0. The molecule has 0 bridgehead atoms. The van der Waals surface area contributed by atoms with Gasteiger partial charge in [0, 0.05) is 5.82 Å². The number of unbranched alkanes of at least 4 members (excludes halogenated alkanes) is 5. The smallest absolute Gasteiger partial charge is 0.348 e. The van der Waals surface area contributed by atoms with Gasteiger partial charge in [0.05, 0.1) is 6.61 Å². The number of hydrogen-bond donors (Lipinski definition) is 3. The molecule has 0 aromatic carbocycles. The minimum Gasteiger partial charge on any atom is -0.465 e. The van der Waals surface area contributed by atoms with Gasteiger partial charge in [0.25, 0.3) is 0 Å². The van der Waals surface area contributed by atoms with Crippen molar-refractivity contribution in [2.24, 2.45) is 5.73 Å². The molecule has 20 heavy (non-hydrogen) atoms. The van der Waals surface area contributed by atoms with Crippen LogP contribution < -0.4 is 5.73 Å². The fourth-order valence-electron chi connectivity index (χ4n) is 1.60.